The first-order valence-corrected chi connectivity index (χ1v) is 5.02. The zero-order valence-electron chi connectivity index (χ0n) is 7.89. The van der Waals surface area contributed by atoms with Crippen LogP contribution in [0.25, 0.3) is 0 Å². The Hall–Kier alpha value is -0.820. The predicted octanol–water partition coefficient (Wildman–Crippen LogP) is 2.86. The number of rotatable bonds is 3. The van der Waals surface area contributed by atoms with Crippen LogP contribution in [0.3, 0.4) is 0 Å². The normalized spacial score (nSPS) is 13.6. The van der Waals surface area contributed by atoms with Gasteiger partial charge < -0.3 is 10.5 Å². The van der Waals surface area contributed by atoms with Gasteiger partial charge in [0.25, 0.3) is 0 Å². The Morgan fingerprint density at radius 1 is 1.38 bits per heavy atom. The SMILES string of the molecule is NCC(Oc1cc(F)ccc1Br)C(F)(F)F. The van der Waals surface area contributed by atoms with E-state index in [4.69, 9.17) is 5.73 Å². The van der Waals surface area contributed by atoms with E-state index >= 15 is 0 Å². The number of hydrogen-bond acceptors (Lipinski definition) is 2. The zero-order valence-corrected chi connectivity index (χ0v) is 9.48. The smallest absolute Gasteiger partial charge is 0.426 e. The van der Waals surface area contributed by atoms with Crippen LogP contribution in [0.1, 0.15) is 0 Å². The Morgan fingerprint density at radius 3 is 2.50 bits per heavy atom. The van der Waals surface area contributed by atoms with E-state index in [1.54, 1.807) is 0 Å². The predicted molar refractivity (Wildman–Crippen MR) is 53.6 cm³/mol. The second-order valence-electron chi connectivity index (χ2n) is 2.96. The van der Waals surface area contributed by atoms with Crippen LogP contribution in [0.2, 0.25) is 0 Å². The Balaban J connectivity index is 2.90. The second kappa shape index (κ2) is 5.01. The minimum atomic E-state index is -4.58. The van der Waals surface area contributed by atoms with Gasteiger partial charge in [-0.05, 0) is 28.1 Å². The van der Waals surface area contributed by atoms with Crippen molar-refractivity contribution in [1.29, 1.82) is 0 Å². The lowest BCUT2D eigenvalue weighted by atomic mass is 10.3. The summed E-state index contributed by atoms with van der Waals surface area (Å²) in [6.45, 7) is -0.730. The lowest BCUT2D eigenvalue weighted by Gasteiger charge is -2.20. The maximum absolute atomic E-state index is 12.8. The quantitative estimate of drug-likeness (QED) is 0.871. The third-order valence-electron chi connectivity index (χ3n) is 1.74. The average Bonchev–Trinajstić information content (AvgIpc) is 2.17. The van der Waals surface area contributed by atoms with Crippen LogP contribution in [-0.4, -0.2) is 18.8 Å². The Kier molecular flexibility index (Phi) is 4.15. The molecule has 2 N–H and O–H groups in total. The first-order valence-electron chi connectivity index (χ1n) is 4.23. The van der Waals surface area contributed by atoms with Gasteiger partial charge in [-0.3, -0.25) is 0 Å². The van der Waals surface area contributed by atoms with Crippen molar-refractivity contribution in [2.45, 2.75) is 12.3 Å². The number of hydrogen-bond donors (Lipinski definition) is 1. The Bertz CT molecular complexity index is 369. The molecule has 0 heterocycles. The van der Waals surface area contributed by atoms with Gasteiger partial charge in [-0.2, -0.15) is 13.2 Å². The molecule has 0 aliphatic carbocycles. The van der Waals surface area contributed by atoms with Crippen LogP contribution in [0.5, 0.6) is 5.75 Å². The largest absolute Gasteiger partial charge is 0.478 e. The number of halogens is 5. The molecule has 0 saturated heterocycles. The molecule has 1 unspecified atom stereocenters. The highest BCUT2D eigenvalue weighted by Gasteiger charge is 2.41. The highest BCUT2D eigenvalue weighted by atomic mass is 79.9. The van der Waals surface area contributed by atoms with Crippen molar-refractivity contribution in [3.8, 4) is 5.75 Å². The van der Waals surface area contributed by atoms with Crippen molar-refractivity contribution in [1.82, 2.24) is 0 Å². The van der Waals surface area contributed by atoms with Crippen LogP contribution in [-0.2, 0) is 0 Å². The molecule has 1 aromatic carbocycles. The highest BCUT2D eigenvalue weighted by molar-refractivity contribution is 9.10. The molecule has 0 aromatic heterocycles. The van der Waals surface area contributed by atoms with Crippen LogP contribution < -0.4 is 10.5 Å². The van der Waals surface area contributed by atoms with E-state index in [-0.39, 0.29) is 10.2 Å². The average molecular weight is 302 g/mol. The molecule has 1 aromatic rings. The van der Waals surface area contributed by atoms with Crippen LogP contribution in [0.4, 0.5) is 17.6 Å². The van der Waals surface area contributed by atoms with E-state index in [1.165, 1.54) is 6.07 Å². The summed E-state index contributed by atoms with van der Waals surface area (Å²) in [4.78, 5) is 0. The zero-order chi connectivity index (χ0) is 12.3. The van der Waals surface area contributed by atoms with E-state index < -0.39 is 24.6 Å². The molecule has 0 saturated carbocycles. The van der Waals surface area contributed by atoms with E-state index in [9.17, 15) is 17.6 Å². The molecule has 1 atom stereocenters. The summed E-state index contributed by atoms with van der Waals surface area (Å²) in [7, 11) is 0. The highest BCUT2D eigenvalue weighted by Crippen LogP contribution is 2.30. The molecular weight excluding hydrogens is 294 g/mol. The summed E-state index contributed by atoms with van der Waals surface area (Å²) in [5.74, 6) is -0.913. The van der Waals surface area contributed by atoms with Gasteiger partial charge in [0.2, 0.25) is 6.10 Å². The van der Waals surface area contributed by atoms with E-state index in [0.717, 1.165) is 12.1 Å². The van der Waals surface area contributed by atoms with Gasteiger partial charge in [0.1, 0.15) is 11.6 Å². The van der Waals surface area contributed by atoms with Crippen LogP contribution >= 0.6 is 15.9 Å². The summed E-state index contributed by atoms with van der Waals surface area (Å²) >= 11 is 2.96. The molecule has 7 heteroatoms. The molecule has 0 aliphatic heterocycles. The van der Waals surface area contributed by atoms with Gasteiger partial charge in [-0.1, -0.05) is 0 Å². The van der Waals surface area contributed by atoms with Gasteiger partial charge >= 0.3 is 6.18 Å². The molecule has 2 nitrogen and oxygen atoms in total. The minimum absolute atomic E-state index is 0.229. The van der Waals surface area contributed by atoms with E-state index in [1.807, 2.05) is 0 Å². The number of ether oxygens (including phenoxy) is 1. The van der Waals surface area contributed by atoms with Crippen molar-refractivity contribution in [3.05, 3.63) is 28.5 Å². The monoisotopic (exact) mass is 301 g/mol. The summed E-state index contributed by atoms with van der Waals surface area (Å²) < 4.78 is 54.6. The molecule has 90 valence electrons. The standard InChI is InChI=1S/C9H8BrF4NO/c10-6-2-1-5(11)3-7(6)16-8(4-15)9(12,13)14/h1-3,8H,4,15H2. The van der Waals surface area contributed by atoms with Crippen molar-refractivity contribution in [3.63, 3.8) is 0 Å². The van der Waals surface area contributed by atoms with Gasteiger partial charge in [-0.15, -0.1) is 0 Å². The molecule has 0 bridgehead atoms. The molecule has 0 amide bonds. The molecule has 0 aliphatic rings. The third-order valence-corrected chi connectivity index (χ3v) is 2.40. The summed E-state index contributed by atoms with van der Waals surface area (Å²) in [6.07, 6.45) is -6.73. The van der Waals surface area contributed by atoms with Gasteiger partial charge in [0.15, 0.2) is 0 Å². The van der Waals surface area contributed by atoms with E-state index in [2.05, 4.69) is 20.7 Å². The van der Waals surface area contributed by atoms with Crippen LogP contribution in [0.15, 0.2) is 22.7 Å². The fourth-order valence-electron chi connectivity index (χ4n) is 0.969. The lowest BCUT2D eigenvalue weighted by molar-refractivity contribution is -0.191. The van der Waals surface area contributed by atoms with Gasteiger partial charge in [0.05, 0.1) is 4.47 Å². The molecule has 16 heavy (non-hydrogen) atoms. The second-order valence-corrected chi connectivity index (χ2v) is 3.81. The topological polar surface area (TPSA) is 35.2 Å². The fourth-order valence-corrected chi connectivity index (χ4v) is 1.31. The first kappa shape index (κ1) is 13.2. The minimum Gasteiger partial charge on any atom is -0.478 e. The lowest BCUT2D eigenvalue weighted by Crippen LogP contribution is -2.40. The van der Waals surface area contributed by atoms with Gasteiger partial charge in [0, 0.05) is 12.6 Å². The fraction of sp³-hybridized carbons (Fsp3) is 0.333. The van der Waals surface area contributed by atoms with Crippen molar-refractivity contribution in [2.75, 3.05) is 6.54 Å². The number of alkyl halides is 3. The molecule has 1 rings (SSSR count). The molecular formula is C9H8BrF4NO. The third kappa shape index (κ3) is 3.34. The summed E-state index contributed by atoms with van der Waals surface area (Å²) in [5, 5.41) is 0. The molecule has 0 radical (unpaired) electrons. The summed E-state index contributed by atoms with van der Waals surface area (Å²) in [5.41, 5.74) is 4.94. The van der Waals surface area contributed by atoms with Crippen LogP contribution in [0, 0.1) is 5.82 Å². The maximum Gasteiger partial charge on any atom is 0.426 e. The van der Waals surface area contributed by atoms with Crippen molar-refractivity contribution in [2.24, 2.45) is 5.73 Å². The Morgan fingerprint density at radius 2 is 2.00 bits per heavy atom. The van der Waals surface area contributed by atoms with E-state index in [0.29, 0.717) is 0 Å². The number of nitrogens with two attached hydrogens (primary N) is 1. The van der Waals surface area contributed by atoms with Gasteiger partial charge in [-0.25, -0.2) is 4.39 Å². The maximum atomic E-state index is 12.8. The molecule has 0 spiro atoms. The van der Waals surface area contributed by atoms with Crippen molar-refractivity contribution < 1.29 is 22.3 Å². The molecule has 0 fully saturated rings. The number of benzene rings is 1. The summed E-state index contributed by atoms with van der Waals surface area (Å²) in [6, 6.07) is 3.22. The Labute approximate surface area is 97.5 Å². The first-order chi connectivity index (χ1) is 7.34. The van der Waals surface area contributed by atoms with Crippen molar-refractivity contribution >= 4 is 15.9 Å².